The van der Waals surface area contributed by atoms with Crippen LogP contribution in [0.5, 0.6) is 5.75 Å². The molecule has 108 valence electrons. The zero-order valence-electron chi connectivity index (χ0n) is 12.1. The normalized spacial score (nSPS) is 11.0. The molecule has 3 aromatic rings. The highest BCUT2D eigenvalue weighted by Gasteiger charge is 2.14. The average molecular weight is 303 g/mol. The van der Waals surface area contributed by atoms with Gasteiger partial charge in [-0.3, -0.25) is 4.40 Å². The molecule has 2 aromatic heterocycles. The Hall–Kier alpha value is -2.14. The Morgan fingerprint density at radius 1 is 1.24 bits per heavy atom. The molecule has 0 saturated carbocycles. The van der Waals surface area contributed by atoms with Crippen LogP contribution < -0.4 is 4.74 Å². The highest BCUT2D eigenvalue weighted by atomic mass is 35.5. The Balaban J connectivity index is 2.09. The fourth-order valence-electron chi connectivity index (χ4n) is 2.32. The van der Waals surface area contributed by atoms with Crippen LogP contribution in [0.25, 0.3) is 5.65 Å². The summed E-state index contributed by atoms with van der Waals surface area (Å²) >= 11 is 6.14. The summed E-state index contributed by atoms with van der Waals surface area (Å²) in [5.41, 5.74) is 3.57. The standard InChI is InChI=1S/C15H15ClN4O/c1-9-10(2)20-13(18-19-15(20)14(16)17-9)8-11-5-4-6-12(7-11)21-3/h4-7H,8H2,1-3H3. The summed E-state index contributed by atoms with van der Waals surface area (Å²) in [6, 6.07) is 7.91. The van der Waals surface area contributed by atoms with Gasteiger partial charge < -0.3 is 4.74 Å². The monoisotopic (exact) mass is 302 g/mol. The van der Waals surface area contributed by atoms with E-state index >= 15 is 0 Å². The third-order valence-corrected chi connectivity index (χ3v) is 3.79. The second-order valence-electron chi connectivity index (χ2n) is 4.88. The van der Waals surface area contributed by atoms with Crippen molar-refractivity contribution in [3.8, 4) is 5.75 Å². The largest absolute Gasteiger partial charge is 0.497 e. The van der Waals surface area contributed by atoms with Crippen LogP contribution in [0.1, 0.15) is 22.8 Å². The first-order valence-corrected chi connectivity index (χ1v) is 6.97. The topological polar surface area (TPSA) is 52.3 Å². The van der Waals surface area contributed by atoms with E-state index in [0.29, 0.717) is 17.2 Å². The second-order valence-corrected chi connectivity index (χ2v) is 5.23. The molecule has 0 atom stereocenters. The quantitative estimate of drug-likeness (QED) is 0.746. The van der Waals surface area contributed by atoms with Crippen LogP contribution in [-0.2, 0) is 6.42 Å². The van der Waals surface area contributed by atoms with Crippen molar-refractivity contribution in [3.05, 3.63) is 52.2 Å². The second kappa shape index (κ2) is 5.33. The van der Waals surface area contributed by atoms with Gasteiger partial charge in [-0.1, -0.05) is 23.7 Å². The van der Waals surface area contributed by atoms with E-state index in [2.05, 4.69) is 15.2 Å². The molecule has 0 aliphatic carbocycles. The Bertz CT molecular complexity index is 813. The molecular weight excluding hydrogens is 288 g/mol. The predicted molar refractivity (Wildman–Crippen MR) is 81.1 cm³/mol. The molecule has 6 heteroatoms. The zero-order chi connectivity index (χ0) is 15.0. The number of fused-ring (bicyclic) bond motifs is 1. The van der Waals surface area contributed by atoms with Gasteiger partial charge in [-0.2, -0.15) is 0 Å². The number of aryl methyl sites for hydroxylation is 2. The fraction of sp³-hybridized carbons (Fsp3) is 0.267. The number of ether oxygens (including phenoxy) is 1. The number of rotatable bonds is 3. The number of aromatic nitrogens is 4. The van der Waals surface area contributed by atoms with Gasteiger partial charge in [-0.15, -0.1) is 10.2 Å². The molecule has 0 fully saturated rings. The lowest BCUT2D eigenvalue weighted by Gasteiger charge is -2.08. The maximum absolute atomic E-state index is 6.14. The van der Waals surface area contributed by atoms with E-state index in [9.17, 15) is 0 Å². The highest BCUT2D eigenvalue weighted by Crippen LogP contribution is 2.21. The zero-order valence-corrected chi connectivity index (χ0v) is 12.8. The molecule has 0 amide bonds. The van der Waals surface area contributed by atoms with Crippen molar-refractivity contribution in [3.63, 3.8) is 0 Å². The smallest absolute Gasteiger partial charge is 0.198 e. The van der Waals surface area contributed by atoms with Gasteiger partial charge in [0.2, 0.25) is 0 Å². The van der Waals surface area contributed by atoms with Gasteiger partial charge >= 0.3 is 0 Å². The van der Waals surface area contributed by atoms with Crippen LogP contribution in [0, 0.1) is 13.8 Å². The minimum Gasteiger partial charge on any atom is -0.497 e. The van der Waals surface area contributed by atoms with Gasteiger partial charge in [0.1, 0.15) is 11.6 Å². The van der Waals surface area contributed by atoms with Gasteiger partial charge in [0.25, 0.3) is 0 Å². The maximum atomic E-state index is 6.14. The molecule has 0 N–H and O–H groups in total. The van der Waals surface area contributed by atoms with E-state index < -0.39 is 0 Å². The van der Waals surface area contributed by atoms with Crippen molar-refractivity contribution in [1.82, 2.24) is 19.6 Å². The van der Waals surface area contributed by atoms with Crippen LogP contribution >= 0.6 is 11.6 Å². The van der Waals surface area contributed by atoms with Crippen molar-refractivity contribution in [1.29, 1.82) is 0 Å². The first-order valence-electron chi connectivity index (χ1n) is 6.60. The molecule has 2 heterocycles. The Morgan fingerprint density at radius 2 is 2.05 bits per heavy atom. The molecule has 0 unspecified atom stereocenters. The van der Waals surface area contributed by atoms with Gasteiger partial charge in [0.05, 0.1) is 12.8 Å². The van der Waals surface area contributed by atoms with Gasteiger partial charge in [0, 0.05) is 12.1 Å². The number of nitrogens with zero attached hydrogens (tertiary/aromatic N) is 4. The van der Waals surface area contributed by atoms with Gasteiger partial charge in [-0.05, 0) is 31.5 Å². The summed E-state index contributed by atoms with van der Waals surface area (Å²) in [6.45, 7) is 3.92. The van der Waals surface area contributed by atoms with Crippen molar-refractivity contribution >= 4 is 17.2 Å². The lowest BCUT2D eigenvalue weighted by atomic mass is 10.1. The molecular formula is C15H15ClN4O. The molecule has 5 nitrogen and oxygen atoms in total. The SMILES string of the molecule is COc1cccc(Cc2nnc3c(Cl)nc(C)c(C)n23)c1. The lowest BCUT2D eigenvalue weighted by molar-refractivity contribution is 0.414. The summed E-state index contributed by atoms with van der Waals surface area (Å²) < 4.78 is 7.21. The van der Waals surface area contributed by atoms with Gasteiger partial charge in [-0.25, -0.2) is 4.98 Å². The molecule has 3 rings (SSSR count). The third-order valence-electron chi connectivity index (χ3n) is 3.54. The molecule has 1 aromatic carbocycles. The van der Waals surface area contributed by atoms with E-state index in [4.69, 9.17) is 16.3 Å². The van der Waals surface area contributed by atoms with Crippen molar-refractivity contribution < 1.29 is 4.74 Å². The number of halogens is 1. The fourth-order valence-corrected chi connectivity index (χ4v) is 2.57. The number of hydrogen-bond donors (Lipinski definition) is 0. The van der Waals surface area contributed by atoms with Crippen molar-refractivity contribution in [2.24, 2.45) is 0 Å². The van der Waals surface area contributed by atoms with E-state index in [1.807, 2.05) is 42.5 Å². The van der Waals surface area contributed by atoms with E-state index in [0.717, 1.165) is 28.5 Å². The van der Waals surface area contributed by atoms with Crippen LogP contribution in [0.15, 0.2) is 24.3 Å². The molecule has 0 aliphatic heterocycles. The molecule has 21 heavy (non-hydrogen) atoms. The van der Waals surface area contributed by atoms with Crippen molar-refractivity contribution in [2.75, 3.05) is 7.11 Å². The molecule has 0 saturated heterocycles. The van der Waals surface area contributed by atoms with E-state index in [1.165, 1.54) is 0 Å². The average Bonchev–Trinajstić information content (AvgIpc) is 2.89. The Labute approximate surface area is 127 Å². The maximum Gasteiger partial charge on any atom is 0.198 e. The van der Waals surface area contributed by atoms with E-state index in [-0.39, 0.29) is 0 Å². The minimum atomic E-state index is 0.377. The first-order chi connectivity index (χ1) is 10.1. The van der Waals surface area contributed by atoms with Gasteiger partial charge in [0.15, 0.2) is 10.8 Å². The Morgan fingerprint density at radius 3 is 2.81 bits per heavy atom. The molecule has 0 radical (unpaired) electrons. The summed E-state index contributed by atoms with van der Waals surface area (Å²) in [4.78, 5) is 4.27. The summed E-state index contributed by atoms with van der Waals surface area (Å²) in [7, 11) is 1.66. The molecule has 0 aliphatic rings. The lowest BCUT2D eigenvalue weighted by Crippen LogP contribution is -2.04. The molecule has 0 spiro atoms. The molecule has 0 bridgehead atoms. The summed E-state index contributed by atoms with van der Waals surface area (Å²) in [5, 5.41) is 8.78. The van der Waals surface area contributed by atoms with Crippen LogP contribution in [-0.4, -0.2) is 26.7 Å². The van der Waals surface area contributed by atoms with Crippen LogP contribution in [0.3, 0.4) is 0 Å². The van der Waals surface area contributed by atoms with Crippen LogP contribution in [0.2, 0.25) is 5.15 Å². The summed E-state index contributed by atoms with van der Waals surface area (Å²) in [6.07, 6.45) is 0.652. The van der Waals surface area contributed by atoms with Crippen LogP contribution in [0.4, 0.5) is 0 Å². The minimum absolute atomic E-state index is 0.377. The van der Waals surface area contributed by atoms with E-state index in [1.54, 1.807) is 7.11 Å². The number of hydrogen-bond acceptors (Lipinski definition) is 4. The highest BCUT2D eigenvalue weighted by molar-refractivity contribution is 6.32. The van der Waals surface area contributed by atoms with Crippen molar-refractivity contribution in [2.45, 2.75) is 20.3 Å². The number of methoxy groups -OCH3 is 1. The Kier molecular flexibility index (Phi) is 3.51. The predicted octanol–water partition coefficient (Wildman–Crippen LogP) is 2.99. The first kappa shape index (κ1) is 13.8. The summed E-state index contributed by atoms with van der Waals surface area (Å²) in [5.74, 6) is 1.66. The third kappa shape index (κ3) is 2.45. The number of benzene rings is 1.